The topological polar surface area (TPSA) is 68.2 Å². The van der Waals surface area contributed by atoms with Crippen LogP contribution < -0.4 is 0 Å². The summed E-state index contributed by atoms with van der Waals surface area (Å²) in [6.45, 7) is 3.34. The maximum Gasteiger partial charge on any atom is 0.327 e. The predicted molar refractivity (Wildman–Crippen MR) is 93.4 cm³/mol. The van der Waals surface area contributed by atoms with Gasteiger partial charge in [0.25, 0.3) is 0 Å². The Morgan fingerprint density at radius 3 is 1.88 bits per heavy atom. The number of hydrogen-bond acceptors (Lipinski definition) is 5. The third-order valence-corrected chi connectivity index (χ3v) is 4.00. The van der Waals surface area contributed by atoms with Gasteiger partial charge in [-0.25, -0.2) is 0 Å². The molecule has 0 spiro atoms. The zero-order valence-corrected chi connectivity index (χ0v) is 14.6. The van der Waals surface area contributed by atoms with Gasteiger partial charge >= 0.3 is 8.60 Å². The van der Waals surface area contributed by atoms with Gasteiger partial charge in [-0.3, -0.25) is 0 Å². The SMILES string of the molecule is CCOCCOC(COP(O)O)(c1ccccc1)c1ccccc1. The molecule has 0 aromatic heterocycles. The normalized spacial score (nSPS) is 11.8. The van der Waals surface area contributed by atoms with E-state index in [9.17, 15) is 9.79 Å². The standard InChI is InChI=1S/C18H23O5P/c1-2-21-13-14-22-18(15-23-24(19)20,16-9-5-3-6-10-16)17-11-7-4-8-12-17/h3-12,19-20H,2,13-15H2,1H3. The zero-order chi connectivity index (χ0) is 17.3. The molecule has 2 N–H and O–H groups in total. The Hall–Kier alpha value is -1.33. The first kappa shape index (κ1) is 19.0. The van der Waals surface area contributed by atoms with E-state index in [4.69, 9.17) is 14.0 Å². The molecule has 24 heavy (non-hydrogen) atoms. The van der Waals surface area contributed by atoms with Crippen LogP contribution in [-0.4, -0.2) is 36.2 Å². The first-order chi connectivity index (χ1) is 11.7. The van der Waals surface area contributed by atoms with Crippen LogP contribution >= 0.6 is 8.60 Å². The summed E-state index contributed by atoms with van der Waals surface area (Å²) in [5.41, 5.74) is 0.820. The first-order valence-corrected chi connectivity index (χ1v) is 8.99. The largest absolute Gasteiger partial charge is 0.379 e. The van der Waals surface area contributed by atoms with Crippen molar-refractivity contribution in [3.63, 3.8) is 0 Å². The van der Waals surface area contributed by atoms with Gasteiger partial charge in [-0.05, 0) is 18.1 Å². The lowest BCUT2D eigenvalue weighted by Gasteiger charge is -2.35. The number of benzene rings is 2. The third kappa shape index (κ3) is 5.08. The van der Waals surface area contributed by atoms with Gasteiger partial charge in [0.15, 0.2) is 0 Å². The third-order valence-electron chi connectivity index (χ3n) is 3.64. The van der Waals surface area contributed by atoms with Crippen molar-refractivity contribution in [1.82, 2.24) is 0 Å². The van der Waals surface area contributed by atoms with Crippen molar-refractivity contribution in [3.05, 3.63) is 71.8 Å². The Morgan fingerprint density at radius 2 is 1.42 bits per heavy atom. The fourth-order valence-corrected chi connectivity index (χ4v) is 2.82. The van der Waals surface area contributed by atoms with Gasteiger partial charge in [-0.15, -0.1) is 0 Å². The Labute approximate surface area is 143 Å². The van der Waals surface area contributed by atoms with Crippen molar-refractivity contribution in [2.45, 2.75) is 12.5 Å². The molecule has 0 amide bonds. The number of rotatable bonds is 10. The van der Waals surface area contributed by atoms with E-state index in [2.05, 4.69) is 0 Å². The van der Waals surface area contributed by atoms with E-state index in [0.717, 1.165) is 11.1 Å². The molecule has 0 aliphatic rings. The van der Waals surface area contributed by atoms with Gasteiger partial charge < -0.3 is 23.8 Å². The predicted octanol–water partition coefficient (Wildman–Crippen LogP) is 3.21. The minimum absolute atomic E-state index is 0.00808. The quantitative estimate of drug-likeness (QED) is 0.509. The smallest absolute Gasteiger partial charge is 0.327 e. The molecular weight excluding hydrogens is 327 g/mol. The molecule has 2 rings (SSSR count). The van der Waals surface area contributed by atoms with E-state index in [1.807, 2.05) is 67.6 Å². The molecule has 0 saturated carbocycles. The van der Waals surface area contributed by atoms with Gasteiger partial charge in [-0.1, -0.05) is 60.7 Å². The highest BCUT2D eigenvalue weighted by molar-refractivity contribution is 7.39. The van der Waals surface area contributed by atoms with Crippen LogP contribution in [0.5, 0.6) is 0 Å². The monoisotopic (exact) mass is 350 g/mol. The van der Waals surface area contributed by atoms with Crippen molar-refractivity contribution in [1.29, 1.82) is 0 Å². The molecule has 2 aromatic rings. The second-order valence-corrected chi connectivity index (χ2v) is 5.89. The highest BCUT2D eigenvalue weighted by Crippen LogP contribution is 2.38. The van der Waals surface area contributed by atoms with Gasteiger partial charge in [-0.2, -0.15) is 0 Å². The van der Waals surface area contributed by atoms with Crippen molar-refractivity contribution in [2.24, 2.45) is 0 Å². The fourth-order valence-electron chi connectivity index (χ4n) is 2.52. The molecule has 6 heteroatoms. The molecule has 0 heterocycles. The van der Waals surface area contributed by atoms with Crippen LogP contribution in [0.2, 0.25) is 0 Å². The zero-order valence-electron chi connectivity index (χ0n) is 13.7. The van der Waals surface area contributed by atoms with Gasteiger partial charge in [0.1, 0.15) is 5.60 Å². The van der Waals surface area contributed by atoms with Crippen molar-refractivity contribution in [3.8, 4) is 0 Å². The maximum atomic E-state index is 9.24. The number of ether oxygens (including phenoxy) is 2. The highest BCUT2D eigenvalue weighted by atomic mass is 31.2. The molecule has 2 aromatic carbocycles. The van der Waals surface area contributed by atoms with Crippen LogP contribution in [0.3, 0.4) is 0 Å². The molecule has 130 valence electrons. The van der Waals surface area contributed by atoms with Crippen LogP contribution in [0.25, 0.3) is 0 Å². The van der Waals surface area contributed by atoms with E-state index >= 15 is 0 Å². The van der Waals surface area contributed by atoms with E-state index in [-0.39, 0.29) is 6.61 Å². The Kier molecular flexibility index (Phi) is 7.79. The molecule has 0 bridgehead atoms. The van der Waals surface area contributed by atoms with Gasteiger partial charge in [0.05, 0.1) is 19.8 Å². The van der Waals surface area contributed by atoms with Gasteiger partial charge in [0.2, 0.25) is 0 Å². The van der Waals surface area contributed by atoms with E-state index in [0.29, 0.717) is 19.8 Å². The Bertz CT molecular complexity index is 537. The van der Waals surface area contributed by atoms with Crippen LogP contribution in [-0.2, 0) is 19.6 Å². The molecule has 0 unspecified atom stereocenters. The molecule has 0 fully saturated rings. The Morgan fingerprint density at radius 1 is 0.875 bits per heavy atom. The Balaban J connectivity index is 2.38. The van der Waals surface area contributed by atoms with Gasteiger partial charge in [0, 0.05) is 6.61 Å². The summed E-state index contributed by atoms with van der Waals surface area (Å²) in [5, 5.41) is 0. The molecule has 0 aliphatic carbocycles. The molecular formula is C18H23O5P. The summed E-state index contributed by atoms with van der Waals surface area (Å²) in [5.74, 6) is 0. The summed E-state index contributed by atoms with van der Waals surface area (Å²) in [4.78, 5) is 18.5. The molecule has 5 nitrogen and oxygen atoms in total. The van der Waals surface area contributed by atoms with Crippen LogP contribution in [0.1, 0.15) is 18.1 Å². The average molecular weight is 350 g/mol. The van der Waals surface area contributed by atoms with Crippen molar-refractivity contribution < 1.29 is 23.8 Å². The highest BCUT2D eigenvalue weighted by Gasteiger charge is 2.36. The maximum absolute atomic E-state index is 9.24. The lowest BCUT2D eigenvalue weighted by Crippen LogP contribution is -2.37. The lowest BCUT2D eigenvalue weighted by atomic mass is 9.87. The minimum Gasteiger partial charge on any atom is -0.379 e. The fraction of sp³-hybridized carbons (Fsp3) is 0.333. The van der Waals surface area contributed by atoms with Crippen molar-refractivity contribution in [2.75, 3.05) is 26.4 Å². The lowest BCUT2D eigenvalue weighted by molar-refractivity contribution is -0.0699. The summed E-state index contributed by atoms with van der Waals surface area (Å²) in [7, 11) is -2.48. The first-order valence-electron chi connectivity index (χ1n) is 7.82. The average Bonchev–Trinajstić information content (AvgIpc) is 2.63. The van der Waals surface area contributed by atoms with E-state index in [1.165, 1.54) is 0 Å². The molecule has 0 radical (unpaired) electrons. The molecule has 0 saturated heterocycles. The van der Waals surface area contributed by atoms with Crippen LogP contribution in [0.4, 0.5) is 0 Å². The summed E-state index contributed by atoms with van der Waals surface area (Å²) in [6, 6.07) is 19.3. The summed E-state index contributed by atoms with van der Waals surface area (Å²) >= 11 is 0. The second-order valence-electron chi connectivity index (χ2n) is 5.13. The van der Waals surface area contributed by atoms with E-state index in [1.54, 1.807) is 0 Å². The van der Waals surface area contributed by atoms with Crippen LogP contribution in [0.15, 0.2) is 60.7 Å². The molecule has 0 aliphatic heterocycles. The summed E-state index contributed by atoms with van der Waals surface area (Å²) < 4.78 is 16.7. The molecule has 0 atom stereocenters. The van der Waals surface area contributed by atoms with Crippen molar-refractivity contribution >= 4 is 8.60 Å². The van der Waals surface area contributed by atoms with E-state index < -0.39 is 14.2 Å². The summed E-state index contributed by atoms with van der Waals surface area (Å²) in [6.07, 6.45) is 0. The van der Waals surface area contributed by atoms with Crippen LogP contribution in [0, 0.1) is 0 Å². The minimum atomic E-state index is -2.48. The number of hydrogen-bond donors (Lipinski definition) is 2. The second kappa shape index (κ2) is 9.84.